The second kappa shape index (κ2) is 5.20. The summed E-state index contributed by atoms with van der Waals surface area (Å²) in [7, 11) is 0. The summed E-state index contributed by atoms with van der Waals surface area (Å²) in [5, 5.41) is 5.14. The fourth-order valence-electron chi connectivity index (χ4n) is 1.92. The largest absolute Gasteiger partial charge is 0.326 e. The molecule has 0 spiro atoms. The summed E-state index contributed by atoms with van der Waals surface area (Å²) in [4.78, 5) is 23.3. The van der Waals surface area contributed by atoms with Crippen LogP contribution in [0.4, 0.5) is 15.8 Å². The van der Waals surface area contributed by atoms with Crippen molar-refractivity contribution in [2.75, 3.05) is 10.6 Å². The van der Waals surface area contributed by atoms with Crippen LogP contribution in [-0.2, 0) is 16.0 Å². The third-order valence-corrected chi connectivity index (χ3v) is 3.59. The second-order valence-corrected chi connectivity index (χ2v) is 5.26. The molecule has 108 valence electrons. The van der Waals surface area contributed by atoms with Crippen LogP contribution in [0.25, 0.3) is 0 Å². The SMILES string of the molecule is CCC(C)(N)C(=O)Nc1cc2c(cc1F)CCC(=O)N2. The quantitative estimate of drug-likeness (QED) is 0.788. The number of halogens is 1. The number of carbonyl (C=O) groups excluding carboxylic acids is 2. The molecule has 1 aliphatic heterocycles. The number of carbonyl (C=O) groups is 2. The molecule has 2 amide bonds. The van der Waals surface area contributed by atoms with Crippen molar-refractivity contribution in [3.8, 4) is 0 Å². The van der Waals surface area contributed by atoms with E-state index in [-0.39, 0.29) is 11.6 Å². The minimum Gasteiger partial charge on any atom is -0.326 e. The van der Waals surface area contributed by atoms with Crippen LogP contribution in [0.2, 0.25) is 0 Å². The van der Waals surface area contributed by atoms with Gasteiger partial charge in [0.15, 0.2) is 0 Å². The average molecular weight is 279 g/mol. The summed E-state index contributed by atoms with van der Waals surface area (Å²) in [5.74, 6) is -1.10. The minimum atomic E-state index is -1.06. The number of nitrogens with two attached hydrogens (primary N) is 1. The molecule has 1 aromatic carbocycles. The number of rotatable bonds is 3. The number of amides is 2. The number of fused-ring (bicyclic) bond motifs is 1. The summed E-state index contributed by atoms with van der Waals surface area (Å²) in [5.41, 5.74) is 6.04. The molecule has 5 nitrogen and oxygen atoms in total. The van der Waals surface area contributed by atoms with E-state index < -0.39 is 17.3 Å². The van der Waals surface area contributed by atoms with Crippen molar-refractivity contribution in [1.82, 2.24) is 0 Å². The summed E-state index contributed by atoms with van der Waals surface area (Å²) >= 11 is 0. The van der Waals surface area contributed by atoms with Crippen molar-refractivity contribution >= 4 is 23.2 Å². The molecule has 6 heteroatoms. The van der Waals surface area contributed by atoms with Crippen LogP contribution in [-0.4, -0.2) is 17.4 Å². The number of hydrogen-bond acceptors (Lipinski definition) is 3. The van der Waals surface area contributed by atoms with Crippen LogP contribution in [0.15, 0.2) is 12.1 Å². The molecule has 2 rings (SSSR count). The van der Waals surface area contributed by atoms with Crippen LogP contribution in [0.1, 0.15) is 32.3 Å². The number of benzene rings is 1. The first-order valence-electron chi connectivity index (χ1n) is 6.56. The van der Waals surface area contributed by atoms with Gasteiger partial charge in [-0.3, -0.25) is 9.59 Å². The summed E-state index contributed by atoms with van der Waals surface area (Å²) < 4.78 is 14.0. The fraction of sp³-hybridized carbons (Fsp3) is 0.429. The Bertz CT molecular complexity index is 570. The van der Waals surface area contributed by atoms with E-state index in [0.29, 0.717) is 24.9 Å². The normalized spacial score (nSPS) is 16.9. The Hall–Kier alpha value is -1.95. The zero-order chi connectivity index (χ0) is 14.9. The third kappa shape index (κ3) is 2.80. The van der Waals surface area contributed by atoms with Gasteiger partial charge in [-0.15, -0.1) is 0 Å². The van der Waals surface area contributed by atoms with Crippen molar-refractivity contribution in [2.45, 2.75) is 38.6 Å². The van der Waals surface area contributed by atoms with E-state index in [1.54, 1.807) is 13.8 Å². The molecular formula is C14H18FN3O2. The van der Waals surface area contributed by atoms with E-state index in [0.717, 1.165) is 5.56 Å². The fourth-order valence-corrected chi connectivity index (χ4v) is 1.92. The molecule has 1 heterocycles. The van der Waals surface area contributed by atoms with E-state index in [4.69, 9.17) is 5.73 Å². The van der Waals surface area contributed by atoms with E-state index >= 15 is 0 Å². The van der Waals surface area contributed by atoms with Gasteiger partial charge in [0.25, 0.3) is 0 Å². The Morgan fingerprint density at radius 1 is 1.50 bits per heavy atom. The average Bonchev–Trinajstić information content (AvgIpc) is 2.40. The van der Waals surface area contributed by atoms with E-state index in [1.165, 1.54) is 12.1 Å². The highest BCUT2D eigenvalue weighted by molar-refractivity contribution is 5.99. The lowest BCUT2D eigenvalue weighted by Gasteiger charge is -2.23. The van der Waals surface area contributed by atoms with Crippen molar-refractivity contribution in [3.63, 3.8) is 0 Å². The first-order valence-corrected chi connectivity index (χ1v) is 6.56. The number of nitrogens with one attached hydrogen (secondary N) is 2. The molecule has 0 saturated heterocycles. The molecule has 1 unspecified atom stereocenters. The van der Waals surface area contributed by atoms with Gasteiger partial charge < -0.3 is 16.4 Å². The molecule has 0 radical (unpaired) electrons. The van der Waals surface area contributed by atoms with E-state index in [9.17, 15) is 14.0 Å². The van der Waals surface area contributed by atoms with Crippen LogP contribution in [0.3, 0.4) is 0 Å². The Kier molecular flexibility index (Phi) is 3.76. The van der Waals surface area contributed by atoms with Gasteiger partial charge in [0, 0.05) is 12.1 Å². The number of anilines is 2. The lowest BCUT2D eigenvalue weighted by atomic mass is 9.98. The van der Waals surface area contributed by atoms with Crippen molar-refractivity contribution in [3.05, 3.63) is 23.5 Å². The summed E-state index contributed by atoms with van der Waals surface area (Å²) in [6.45, 7) is 3.36. The van der Waals surface area contributed by atoms with E-state index in [1.807, 2.05) is 0 Å². The highest BCUT2D eigenvalue weighted by atomic mass is 19.1. The topological polar surface area (TPSA) is 84.2 Å². The first-order chi connectivity index (χ1) is 9.33. The molecular weight excluding hydrogens is 261 g/mol. The van der Waals surface area contributed by atoms with Gasteiger partial charge in [-0.2, -0.15) is 0 Å². The molecule has 0 bridgehead atoms. The molecule has 4 N–H and O–H groups in total. The van der Waals surface area contributed by atoms with Crippen LogP contribution in [0.5, 0.6) is 0 Å². The van der Waals surface area contributed by atoms with Gasteiger partial charge in [0.1, 0.15) is 5.82 Å². The first kappa shape index (κ1) is 14.5. The maximum absolute atomic E-state index is 14.0. The number of hydrogen-bond donors (Lipinski definition) is 3. The zero-order valence-electron chi connectivity index (χ0n) is 11.5. The van der Waals surface area contributed by atoms with Crippen molar-refractivity contribution in [1.29, 1.82) is 0 Å². The van der Waals surface area contributed by atoms with Crippen molar-refractivity contribution in [2.24, 2.45) is 5.73 Å². The molecule has 20 heavy (non-hydrogen) atoms. The minimum absolute atomic E-state index is 0.0288. The Labute approximate surface area is 116 Å². The highest BCUT2D eigenvalue weighted by Crippen LogP contribution is 2.29. The Balaban J connectivity index is 2.27. The van der Waals surface area contributed by atoms with Gasteiger partial charge in [0.05, 0.1) is 11.2 Å². The van der Waals surface area contributed by atoms with Gasteiger partial charge in [-0.25, -0.2) is 4.39 Å². The molecule has 1 aliphatic rings. The highest BCUT2D eigenvalue weighted by Gasteiger charge is 2.27. The number of aryl methyl sites for hydroxylation is 1. The maximum atomic E-state index is 14.0. The summed E-state index contributed by atoms with van der Waals surface area (Å²) in [6.07, 6.45) is 1.27. The molecule has 0 fully saturated rings. The monoisotopic (exact) mass is 279 g/mol. The standard InChI is InChI=1S/C14H18FN3O2/c1-3-14(2,16)13(20)18-11-7-10-8(6-9(11)15)4-5-12(19)17-10/h6-7H,3-5,16H2,1-2H3,(H,17,19)(H,18,20). The van der Waals surface area contributed by atoms with Gasteiger partial charge in [0.2, 0.25) is 11.8 Å². The second-order valence-electron chi connectivity index (χ2n) is 5.26. The molecule has 1 aromatic rings. The van der Waals surface area contributed by atoms with E-state index in [2.05, 4.69) is 10.6 Å². The van der Waals surface area contributed by atoms with Crippen LogP contribution in [0, 0.1) is 5.82 Å². The predicted octanol–water partition coefficient (Wildman–Crippen LogP) is 1.78. The molecule has 0 saturated carbocycles. The lowest BCUT2D eigenvalue weighted by molar-refractivity contribution is -0.120. The molecule has 0 aliphatic carbocycles. The Morgan fingerprint density at radius 2 is 2.20 bits per heavy atom. The van der Waals surface area contributed by atoms with Gasteiger partial charge in [-0.1, -0.05) is 6.92 Å². The molecule has 0 aromatic heterocycles. The lowest BCUT2D eigenvalue weighted by Crippen LogP contribution is -2.47. The third-order valence-electron chi connectivity index (χ3n) is 3.59. The van der Waals surface area contributed by atoms with Gasteiger partial charge in [-0.05, 0) is 37.5 Å². The predicted molar refractivity (Wildman–Crippen MR) is 74.9 cm³/mol. The molecule has 1 atom stereocenters. The summed E-state index contributed by atoms with van der Waals surface area (Å²) in [6, 6.07) is 2.77. The zero-order valence-corrected chi connectivity index (χ0v) is 11.5. The van der Waals surface area contributed by atoms with Crippen LogP contribution < -0.4 is 16.4 Å². The van der Waals surface area contributed by atoms with Gasteiger partial charge >= 0.3 is 0 Å². The van der Waals surface area contributed by atoms with Crippen molar-refractivity contribution < 1.29 is 14.0 Å². The van der Waals surface area contributed by atoms with Crippen LogP contribution >= 0.6 is 0 Å². The maximum Gasteiger partial charge on any atom is 0.244 e. The Morgan fingerprint density at radius 3 is 2.85 bits per heavy atom. The smallest absolute Gasteiger partial charge is 0.244 e.